The number of aryl methyl sites for hydroxylation is 1. The predicted molar refractivity (Wildman–Crippen MR) is 67.6 cm³/mol. The van der Waals surface area contributed by atoms with Gasteiger partial charge in [0.2, 0.25) is 0 Å². The van der Waals surface area contributed by atoms with Gasteiger partial charge in [-0.2, -0.15) is 0 Å². The van der Waals surface area contributed by atoms with Crippen molar-refractivity contribution in [3.05, 3.63) is 45.0 Å². The molecule has 2 rings (SSSR count). The van der Waals surface area contributed by atoms with Crippen LogP contribution in [0.5, 0.6) is 0 Å². The summed E-state index contributed by atoms with van der Waals surface area (Å²) < 4.78 is 15.1. The second-order valence-electron chi connectivity index (χ2n) is 3.25. The van der Waals surface area contributed by atoms with Gasteiger partial charge in [-0.3, -0.25) is 0 Å². The van der Waals surface area contributed by atoms with Gasteiger partial charge in [0.25, 0.3) is 0 Å². The van der Waals surface area contributed by atoms with Crippen molar-refractivity contribution < 1.29 is 4.39 Å². The molecule has 0 fully saturated rings. The first-order valence-corrected chi connectivity index (χ1v) is 6.11. The quantitative estimate of drug-likeness (QED) is 0.727. The van der Waals surface area contributed by atoms with E-state index in [0.717, 1.165) is 4.47 Å². The van der Waals surface area contributed by atoms with Crippen molar-refractivity contribution in [2.75, 3.05) is 0 Å². The topological polar surface area (TPSA) is 25.8 Å². The van der Waals surface area contributed by atoms with Gasteiger partial charge in [0.05, 0.1) is 5.69 Å². The Hall–Kier alpha value is -0.810. The summed E-state index contributed by atoms with van der Waals surface area (Å²) in [6.45, 7) is 1.77. The van der Waals surface area contributed by atoms with Crippen LogP contribution in [0.4, 0.5) is 4.39 Å². The van der Waals surface area contributed by atoms with Gasteiger partial charge < -0.3 is 0 Å². The molecule has 0 aliphatic carbocycles. The molecule has 5 heteroatoms. The molecule has 0 unspecified atom stereocenters. The third-order valence-electron chi connectivity index (χ3n) is 2.01. The Morgan fingerprint density at radius 3 is 2.56 bits per heavy atom. The summed E-state index contributed by atoms with van der Waals surface area (Å²) in [4.78, 5) is 8.29. The zero-order valence-electron chi connectivity index (χ0n) is 8.34. The number of nitrogens with zero attached hydrogens (tertiary/aromatic N) is 2. The first kappa shape index (κ1) is 11.7. The highest BCUT2D eigenvalue weighted by Gasteiger charge is 2.08. The number of aromatic nitrogens is 2. The molecular formula is C11H7Br2FN2. The molecule has 0 N–H and O–H groups in total. The Labute approximate surface area is 109 Å². The molecule has 2 nitrogen and oxygen atoms in total. The number of benzene rings is 1. The molecule has 1 aromatic carbocycles. The van der Waals surface area contributed by atoms with Gasteiger partial charge in [0.15, 0.2) is 0 Å². The van der Waals surface area contributed by atoms with Crippen LogP contribution in [0.1, 0.15) is 5.82 Å². The minimum Gasteiger partial charge on any atom is -0.233 e. The van der Waals surface area contributed by atoms with Crippen LogP contribution in [0.15, 0.2) is 33.3 Å². The molecule has 0 amide bonds. The second-order valence-corrected chi connectivity index (χ2v) is 4.98. The zero-order chi connectivity index (χ0) is 11.7. The van der Waals surface area contributed by atoms with Crippen LogP contribution >= 0.6 is 31.9 Å². The van der Waals surface area contributed by atoms with E-state index in [0.29, 0.717) is 21.7 Å². The Bertz CT molecular complexity index is 523. The van der Waals surface area contributed by atoms with Gasteiger partial charge >= 0.3 is 0 Å². The average Bonchev–Trinajstić information content (AvgIpc) is 2.20. The van der Waals surface area contributed by atoms with Gasteiger partial charge in [-0.15, -0.1) is 0 Å². The van der Waals surface area contributed by atoms with Crippen LogP contribution in [0.25, 0.3) is 11.3 Å². The number of rotatable bonds is 1. The minimum absolute atomic E-state index is 0.298. The van der Waals surface area contributed by atoms with E-state index in [1.807, 2.05) is 0 Å². The van der Waals surface area contributed by atoms with Crippen LogP contribution in [0, 0.1) is 12.7 Å². The smallest absolute Gasteiger partial charge is 0.132 e. The molecule has 0 radical (unpaired) electrons. The monoisotopic (exact) mass is 344 g/mol. The lowest BCUT2D eigenvalue weighted by Crippen LogP contribution is -1.93. The molecule has 0 aliphatic rings. The van der Waals surface area contributed by atoms with Gasteiger partial charge in [0, 0.05) is 10.0 Å². The highest BCUT2D eigenvalue weighted by Crippen LogP contribution is 2.26. The molecule has 0 atom stereocenters. The lowest BCUT2D eigenvalue weighted by atomic mass is 10.1. The van der Waals surface area contributed by atoms with Crippen molar-refractivity contribution in [3.8, 4) is 11.3 Å². The van der Waals surface area contributed by atoms with E-state index >= 15 is 0 Å². The molecular weight excluding hydrogens is 339 g/mol. The van der Waals surface area contributed by atoms with Gasteiger partial charge in [-0.25, -0.2) is 14.4 Å². The molecule has 0 saturated heterocycles. The Morgan fingerprint density at radius 1 is 1.12 bits per heavy atom. The summed E-state index contributed by atoms with van der Waals surface area (Å²) in [5, 5.41) is 0. The van der Waals surface area contributed by atoms with Crippen molar-refractivity contribution in [3.63, 3.8) is 0 Å². The molecule has 0 saturated carbocycles. The van der Waals surface area contributed by atoms with Crippen LogP contribution in [-0.4, -0.2) is 9.97 Å². The van der Waals surface area contributed by atoms with Crippen LogP contribution in [0.2, 0.25) is 0 Å². The van der Waals surface area contributed by atoms with Gasteiger partial charge in [0.1, 0.15) is 16.2 Å². The highest BCUT2D eigenvalue weighted by atomic mass is 79.9. The van der Waals surface area contributed by atoms with Gasteiger partial charge in [-0.05, 0) is 47.1 Å². The summed E-state index contributed by atoms with van der Waals surface area (Å²) in [6.07, 6.45) is 0. The number of halogens is 3. The maximum absolute atomic E-state index is 13.6. The number of hydrogen-bond donors (Lipinski definition) is 0. The summed E-state index contributed by atoms with van der Waals surface area (Å²) in [5.41, 5.74) is 1.03. The minimum atomic E-state index is -0.298. The second kappa shape index (κ2) is 4.59. The first-order valence-electron chi connectivity index (χ1n) is 4.53. The van der Waals surface area contributed by atoms with Crippen LogP contribution in [-0.2, 0) is 0 Å². The van der Waals surface area contributed by atoms with Crippen molar-refractivity contribution >= 4 is 31.9 Å². The normalized spacial score (nSPS) is 10.5. The molecule has 16 heavy (non-hydrogen) atoms. The first-order chi connectivity index (χ1) is 7.56. The summed E-state index contributed by atoms with van der Waals surface area (Å²) >= 11 is 6.58. The average molecular weight is 346 g/mol. The standard InChI is InChI=1S/C11H7Br2FN2/c1-6-15-10(5-11(13)16-6)8-4-7(12)2-3-9(8)14/h2-5H,1H3. The molecule has 1 heterocycles. The molecule has 1 aromatic heterocycles. The molecule has 0 bridgehead atoms. The lowest BCUT2D eigenvalue weighted by Gasteiger charge is -2.04. The van der Waals surface area contributed by atoms with E-state index < -0.39 is 0 Å². The third-order valence-corrected chi connectivity index (χ3v) is 2.91. The predicted octanol–water partition coefficient (Wildman–Crippen LogP) is 4.12. The fraction of sp³-hybridized carbons (Fsp3) is 0.0909. The molecule has 0 aliphatic heterocycles. The zero-order valence-corrected chi connectivity index (χ0v) is 11.5. The van der Waals surface area contributed by atoms with Crippen molar-refractivity contribution in [2.45, 2.75) is 6.92 Å². The highest BCUT2D eigenvalue weighted by molar-refractivity contribution is 9.10. The fourth-order valence-corrected chi connectivity index (χ4v) is 2.20. The Kier molecular flexibility index (Phi) is 3.35. The van der Waals surface area contributed by atoms with Crippen molar-refractivity contribution in [1.29, 1.82) is 0 Å². The Morgan fingerprint density at radius 2 is 1.88 bits per heavy atom. The van der Waals surface area contributed by atoms with Gasteiger partial charge in [-0.1, -0.05) is 15.9 Å². The summed E-state index contributed by atoms with van der Waals surface area (Å²) in [7, 11) is 0. The van der Waals surface area contributed by atoms with E-state index in [9.17, 15) is 4.39 Å². The Balaban J connectivity index is 2.62. The van der Waals surface area contributed by atoms with E-state index in [1.165, 1.54) is 6.07 Å². The van der Waals surface area contributed by atoms with Crippen molar-refractivity contribution in [2.24, 2.45) is 0 Å². The summed E-state index contributed by atoms with van der Waals surface area (Å²) in [6, 6.07) is 6.45. The van der Waals surface area contributed by atoms with E-state index in [4.69, 9.17) is 0 Å². The summed E-state index contributed by atoms with van der Waals surface area (Å²) in [5.74, 6) is 0.303. The van der Waals surface area contributed by atoms with E-state index in [-0.39, 0.29) is 5.82 Å². The van der Waals surface area contributed by atoms with Crippen LogP contribution < -0.4 is 0 Å². The molecule has 2 aromatic rings. The largest absolute Gasteiger partial charge is 0.233 e. The van der Waals surface area contributed by atoms with Crippen LogP contribution in [0.3, 0.4) is 0 Å². The van der Waals surface area contributed by atoms with E-state index in [2.05, 4.69) is 41.8 Å². The lowest BCUT2D eigenvalue weighted by molar-refractivity contribution is 0.630. The maximum Gasteiger partial charge on any atom is 0.132 e. The fourth-order valence-electron chi connectivity index (χ4n) is 1.36. The molecule has 82 valence electrons. The molecule has 0 spiro atoms. The van der Waals surface area contributed by atoms with Crippen molar-refractivity contribution in [1.82, 2.24) is 9.97 Å². The third kappa shape index (κ3) is 2.47. The maximum atomic E-state index is 13.6. The number of hydrogen-bond acceptors (Lipinski definition) is 2. The van der Waals surface area contributed by atoms with E-state index in [1.54, 1.807) is 25.1 Å². The SMILES string of the molecule is Cc1nc(Br)cc(-c2cc(Br)ccc2F)n1.